The molecule has 20 heavy (non-hydrogen) atoms. The average molecular weight is 271 g/mol. The molecule has 2 rings (SSSR count). The number of carbonyl (C=O) groups excluding carboxylic acids is 1. The summed E-state index contributed by atoms with van der Waals surface area (Å²) >= 11 is 0. The van der Waals surface area contributed by atoms with E-state index in [0.29, 0.717) is 18.5 Å². The number of amides is 1. The van der Waals surface area contributed by atoms with E-state index >= 15 is 0 Å². The molecule has 0 bridgehead atoms. The van der Waals surface area contributed by atoms with Crippen molar-refractivity contribution in [1.82, 2.24) is 10.6 Å². The van der Waals surface area contributed by atoms with Crippen molar-refractivity contribution in [2.45, 2.75) is 26.2 Å². The van der Waals surface area contributed by atoms with Gasteiger partial charge >= 0.3 is 0 Å². The minimum Gasteiger partial charge on any atom is -0.351 e. The molecular formula is C16H21N3O. The molecule has 0 aromatic heterocycles. The van der Waals surface area contributed by atoms with Gasteiger partial charge in [0.1, 0.15) is 0 Å². The number of hydrogen-bond acceptors (Lipinski definition) is 3. The zero-order valence-electron chi connectivity index (χ0n) is 11.9. The second kappa shape index (κ2) is 6.53. The normalized spacial score (nSPS) is 15.4. The van der Waals surface area contributed by atoms with Gasteiger partial charge in [0.15, 0.2) is 0 Å². The van der Waals surface area contributed by atoms with E-state index in [-0.39, 0.29) is 11.3 Å². The van der Waals surface area contributed by atoms with E-state index in [0.717, 1.165) is 31.5 Å². The van der Waals surface area contributed by atoms with Gasteiger partial charge in [0.25, 0.3) is 5.91 Å². The summed E-state index contributed by atoms with van der Waals surface area (Å²) in [6.07, 6.45) is 2.92. The minimum absolute atomic E-state index is 0.0371. The molecule has 1 aliphatic carbocycles. The summed E-state index contributed by atoms with van der Waals surface area (Å²) < 4.78 is 0. The van der Waals surface area contributed by atoms with Crippen LogP contribution in [0.5, 0.6) is 0 Å². The SMILES string of the molecule is Cc1ccc(C(=O)NCCNCC2(CC#N)CC2)cc1. The van der Waals surface area contributed by atoms with Gasteiger partial charge in [-0.1, -0.05) is 17.7 Å². The summed E-state index contributed by atoms with van der Waals surface area (Å²) in [7, 11) is 0. The lowest BCUT2D eigenvalue weighted by atomic mass is 10.0. The van der Waals surface area contributed by atoms with Crippen LogP contribution in [0.2, 0.25) is 0 Å². The van der Waals surface area contributed by atoms with Crippen LogP contribution in [0.1, 0.15) is 35.2 Å². The Hall–Kier alpha value is -1.86. The van der Waals surface area contributed by atoms with Crippen molar-refractivity contribution in [2.75, 3.05) is 19.6 Å². The predicted molar refractivity (Wildman–Crippen MR) is 78.3 cm³/mol. The molecule has 0 saturated heterocycles. The molecule has 0 radical (unpaired) electrons. The van der Waals surface area contributed by atoms with Crippen LogP contribution in [0, 0.1) is 23.7 Å². The number of hydrogen-bond donors (Lipinski definition) is 2. The topological polar surface area (TPSA) is 64.9 Å². The molecule has 4 nitrogen and oxygen atoms in total. The van der Waals surface area contributed by atoms with Crippen molar-refractivity contribution >= 4 is 5.91 Å². The molecule has 1 fully saturated rings. The first-order valence-electron chi connectivity index (χ1n) is 7.08. The first-order chi connectivity index (χ1) is 9.65. The van der Waals surface area contributed by atoms with Crippen molar-refractivity contribution < 1.29 is 4.79 Å². The van der Waals surface area contributed by atoms with Gasteiger partial charge in [0, 0.05) is 31.6 Å². The number of carbonyl (C=O) groups is 1. The minimum atomic E-state index is -0.0371. The number of nitriles is 1. The van der Waals surface area contributed by atoms with Crippen LogP contribution in [-0.4, -0.2) is 25.5 Å². The quantitative estimate of drug-likeness (QED) is 0.746. The van der Waals surface area contributed by atoms with Crippen LogP contribution < -0.4 is 10.6 Å². The van der Waals surface area contributed by atoms with Gasteiger partial charge in [-0.15, -0.1) is 0 Å². The van der Waals surface area contributed by atoms with Gasteiger partial charge < -0.3 is 10.6 Å². The summed E-state index contributed by atoms with van der Waals surface area (Å²) in [5.74, 6) is -0.0371. The van der Waals surface area contributed by atoms with E-state index in [1.807, 2.05) is 31.2 Å². The molecule has 2 N–H and O–H groups in total. The fourth-order valence-electron chi connectivity index (χ4n) is 2.19. The summed E-state index contributed by atoms with van der Waals surface area (Å²) in [6.45, 7) is 4.22. The van der Waals surface area contributed by atoms with Crippen LogP contribution in [-0.2, 0) is 0 Å². The molecule has 1 aromatic rings. The number of aryl methyl sites for hydroxylation is 1. The molecular weight excluding hydrogens is 250 g/mol. The van der Waals surface area contributed by atoms with Gasteiger partial charge in [-0.3, -0.25) is 4.79 Å². The monoisotopic (exact) mass is 271 g/mol. The van der Waals surface area contributed by atoms with E-state index in [9.17, 15) is 4.79 Å². The lowest BCUT2D eigenvalue weighted by Crippen LogP contribution is -2.34. The zero-order chi connectivity index (χ0) is 14.4. The summed E-state index contributed by atoms with van der Waals surface area (Å²) in [6, 6.07) is 9.79. The number of nitrogens with one attached hydrogen (secondary N) is 2. The average Bonchev–Trinajstić information content (AvgIpc) is 3.19. The second-order valence-electron chi connectivity index (χ2n) is 5.63. The van der Waals surface area contributed by atoms with Gasteiger partial charge in [0.05, 0.1) is 6.07 Å². The van der Waals surface area contributed by atoms with Crippen molar-refractivity contribution in [1.29, 1.82) is 5.26 Å². The van der Waals surface area contributed by atoms with Crippen molar-refractivity contribution in [3.8, 4) is 6.07 Å². The molecule has 1 aliphatic rings. The Balaban J connectivity index is 1.63. The lowest BCUT2D eigenvalue weighted by molar-refractivity contribution is 0.0954. The van der Waals surface area contributed by atoms with E-state index in [1.54, 1.807) is 0 Å². The third-order valence-electron chi connectivity index (χ3n) is 3.81. The maximum absolute atomic E-state index is 11.8. The summed E-state index contributed by atoms with van der Waals surface area (Å²) in [5.41, 5.74) is 2.06. The Morgan fingerprint density at radius 3 is 2.60 bits per heavy atom. The first-order valence-corrected chi connectivity index (χ1v) is 7.08. The van der Waals surface area contributed by atoms with Gasteiger partial charge in [-0.25, -0.2) is 0 Å². The summed E-state index contributed by atoms with van der Waals surface area (Å²) in [4.78, 5) is 11.8. The Morgan fingerprint density at radius 1 is 1.30 bits per heavy atom. The highest BCUT2D eigenvalue weighted by Crippen LogP contribution is 2.47. The predicted octanol–water partition coefficient (Wildman–Crippen LogP) is 2.01. The van der Waals surface area contributed by atoms with E-state index in [4.69, 9.17) is 5.26 Å². The van der Waals surface area contributed by atoms with Crippen molar-refractivity contribution in [3.63, 3.8) is 0 Å². The fourth-order valence-corrected chi connectivity index (χ4v) is 2.19. The largest absolute Gasteiger partial charge is 0.351 e. The fraction of sp³-hybridized carbons (Fsp3) is 0.500. The van der Waals surface area contributed by atoms with Crippen LogP contribution in [0.15, 0.2) is 24.3 Å². The van der Waals surface area contributed by atoms with Crippen LogP contribution in [0.25, 0.3) is 0 Å². The molecule has 0 aliphatic heterocycles. The van der Waals surface area contributed by atoms with E-state index in [1.165, 1.54) is 0 Å². The highest BCUT2D eigenvalue weighted by molar-refractivity contribution is 5.94. The van der Waals surface area contributed by atoms with Crippen molar-refractivity contribution in [2.24, 2.45) is 5.41 Å². The standard InChI is InChI=1S/C16H21N3O/c1-13-2-4-14(5-3-13)15(20)19-11-10-18-12-16(6-7-16)8-9-17/h2-5,18H,6-8,10-12H2,1H3,(H,19,20). The highest BCUT2D eigenvalue weighted by atomic mass is 16.1. The molecule has 106 valence electrons. The molecule has 0 unspecified atom stereocenters. The smallest absolute Gasteiger partial charge is 0.251 e. The van der Waals surface area contributed by atoms with Crippen molar-refractivity contribution in [3.05, 3.63) is 35.4 Å². The zero-order valence-corrected chi connectivity index (χ0v) is 11.9. The third-order valence-corrected chi connectivity index (χ3v) is 3.81. The molecule has 1 aromatic carbocycles. The Labute approximate surface area is 120 Å². The molecule has 1 saturated carbocycles. The van der Waals surface area contributed by atoms with Crippen LogP contribution in [0.3, 0.4) is 0 Å². The molecule has 0 atom stereocenters. The van der Waals surface area contributed by atoms with Gasteiger partial charge in [-0.2, -0.15) is 5.26 Å². The van der Waals surface area contributed by atoms with E-state index in [2.05, 4.69) is 16.7 Å². The number of nitrogens with zero attached hydrogens (tertiary/aromatic N) is 1. The molecule has 0 spiro atoms. The maximum atomic E-state index is 11.8. The van der Waals surface area contributed by atoms with E-state index < -0.39 is 0 Å². The number of rotatable bonds is 7. The van der Waals surface area contributed by atoms with Gasteiger partial charge in [0.2, 0.25) is 0 Å². The second-order valence-corrected chi connectivity index (χ2v) is 5.63. The Bertz CT molecular complexity index is 497. The lowest BCUT2D eigenvalue weighted by Gasteiger charge is -2.12. The molecule has 0 heterocycles. The highest BCUT2D eigenvalue weighted by Gasteiger charge is 2.41. The third kappa shape index (κ3) is 4.07. The number of benzene rings is 1. The molecule has 1 amide bonds. The summed E-state index contributed by atoms with van der Waals surface area (Å²) in [5, 5.41) is 14.9. The van der Waals surface area contributed by atoms with Crippen LogP contribution >= 0.6 is 0 Å². The first kappa shape index (κ1) is 14.5. The maximum Gasteiger partial charge on any atom is 0.251 e. The Morgan fingerprint density at radius 2 is 2.00 bits per heavy atom. The van der Waals surface area contributed by atoms with Crippen LogP contribution in [0.4, 0.5) is 0 Å². The van der Waals surface area contributed by atoms with Gasteiger partial charge in [-0.05, 0) is 37.3 Å². The Kier molecular flexibility index (Phi) is 4.75. The molecule has 4 heteroatoms.